The Bertz CT molecular complexity index is 403. The summed E-state index contributed by atoms with van der Waals surface area (Å²) in [5.41, 5.74) is 1.50. The first-order chi connectivity index (χ1) is 6.55. The number of hydrogen-bond acceptors (Lipinski definition) is 2. The molecular weight excluding hydrogens is 222 g/mol. The van der Waals surface area contributed by atoms with Gasteiger partial charge in [0.25, 0.3) is 0 Å². The molecule has 0 aromatic heterocycles. The van der Waals surface area contributed by atoms with E-state index in [0.717, 1.165) is 5.56 Å². The normalized spacial score (nSPS) is 11.3. The SMILES string of the molecule is Cc1ccccc1NS(=O)(=O)CCCl. The largest absolute Gasteiger partial charge is 0.283 e. The van der Waals surface area contributed by atoms with E-state index in [4.69, 9.17) is 11.6 Å². The van der Waals surface area contributed by atoms with Gasteiger partial charge in [-0.2, -0.15) is 0 Å². The highest BCUT2D eigenvalue weighted by atomic mass is 35.5. The van der Waals surface area contributed by atoms with Crippen molar-refractivity contribution in [2.45, 2.75) is 6.92 Å². The number of halogens is 1. The maximum Gasteiger partial charge on any atom is 0.233 e. The molecule has 0 radical (unpaired) electrons. The zero-order chi connectivity index (χ0) is 10.6. The minimum Gasteiger partial charge on any atom is -0.283 e. The molecule has 1 aromatic rings. The van der Waals surface area contributed by atoms with E-state index in [1.807, 2.05) is 19.1 Å². The molecule has 0 aliphatic carbocycles. The number of hydrogen-bond donors (Lipinski definition) is 1. The molecule has 0 heterocycles. The van der Waals surface area contributed by atoms with Crippen molar-refractivity contribution in [3.8, 4) is 0 Å². The summed E-state index contributed by atoms with van der Waals surface area (Å²) in [4.78, 5) is 0. The van der Waals surface area contributed by atoms with E-state index < -0.39 is 10.0 Å². The average molecular weight is 234 g/mol. The average Bonchev–Trinajstić information content (AvgIpc) is 2.08. The first-order valence-corrected chi connectivity index (χ1v) is 6.36. The second-order valence-electron chi connectivity index (χ2n) is 2.92. The van der Waals surface area contributed by atoms with Gasteiger partial charge in [-0.1, -0.05) is 18.2 Å². The van der Waals surface area contributed by atoms with Crippen molar-refractivity contribution in [1.29, 1.82) is 0 Å². The van der Waals surface area contributed by atoms with Gasteiger partial charge in [0.1, 0.15) is 0 Å². The summed E-state index contributed by atoms with van der Waals surface area (Å²) >= 11 is 5.37. The van der Waals surface area contributed by atoms with Crippen LogP contribution in [0.2, 0.25) is 0 Å². The first kappa shape index (κ1) is 11.3. The number of alkyl halides is 1. The highest BCUT2D eigenvalue weighted by Gasteiger charge is 2.09. The smallest absolute Gasteiger partial charge is 0.233 e. The van der Waals surface area contributed by atoms with E-state index in [9.17, 15) is 8.42 Å². The number of sulfonamides is 1. The Balaban J connectivity index is 2.84. The summed E-state index contributed by atoms with van der Waals surface area (Å²) in [6.07, 6.45) is 0. The number of rotatable bonds is 4. The van der Waals surface area contributed by atoms with E-state index in [1.54, 1.807) is 12.1 Å². The van der Waals surface area contributed by atoms with Crippen LogP contribution in [-0.4, -0.2) is 20.1 Å². The van der Waals surface area contributed by atoms with Crippen LogP contribution in [0.3, 0.4) is 0 Å². The van der Waals surface area contributed by atoms with Gasteiger partial charge < -0.3 is 0 Å². The number of benzene rings is 1. The van der Waals surface area contributed by atoms with Gasteiger partial charge in [-0.05, 0) is 18.6 Å². The number of aryl methyl sites for hydroxylation is 1. The third-order valence-corrected chi connectivity index (χ3v) is 3.44. The summed E-state index contributed by atoms with van der Waals surface area (Å²) in [5, 5.41) is 0. The van der Waals surface area contributed by atoms with Crippen LogP contribution in [0.5, 0.6) is 0 Å². The Hall–Kier alpha value is -0.740. The van der Waals surface area contributed by atoms with Crippen LogP contribution in [0, 0.1) is 6.92 Å². The van der Waals surface area contributed by atoms with Gasteiger partial charge in [-0.25, -0.2) is 8.42 Å². The van der Waals surface area contributed by atoms with E-state index in [2.05, 4.69) is 4.72 Å². The molecule has 1 rings (SSSR count). The van der Waals surface area contributed by atoms with Crippen molar-refractivity contribution in [3.63, 3.8) is 0 Å². The molecule has 0 aliphatic heterocycles. The minimum atomic E-state index is -3.29. The van der Waals surface area contributed by atoms with Gasteiger partial charge in [0.05, 0.1) is 11.4 Å². The summed E-state index contributed by atoms with van der Waals surface area (Å²) in [6.45, 7) is 1.85. The molecule has 1 aromatic carbocycles. The van der Waals surface area contributed by atoms with Crippen LogP contribution >= 0.6 is 11.6 Å². The van der Waals surface area contributed by atoms with Gasteiger partial charge in [-0.3, -0.25) is 4.72 Å². The summed E-state index contributed by atoms with van der Waals surface area (Å²) in [7, 11) is -3.29. The van der Waals surface area contributed by atoms with Crippen LogP contribution in [0.15, 0.2) is 24.3 Å². The van der Waals surface area contributed by atoms with Crippen molar-refractivity contribution >= 4 is 27.3 Å². The predicted molar refractivity (Wildman–Crippen MR) is 59.3 cm³/mol. The lowest BCUT2D eigenvalue weighted by Crippen LogP contribution is -2.18. The molecule has 0 fully saturated rings. The van der Waals surface area contributed by atoms with Gasteiger partial charge >= 0.3 is 0 Å². The Morgan fingerprint density at radius 2 is 2.00 bits per heavy atom. The number of anilines is 1. The maximum absolute atomic E-state index is 11.4. The fraction of sp³-hybridized carbons (Fsp3) is 0.333. The van der Waals surface area contributed by atoms with Crippen molar-refractivity contribution in [1.82, 2.24) is 0 Å². The lowest BCUT2D eigenvalue weighted by molar-refractivity contribution is 0.602. The second kappa shape index (κ2) is 4.66. The van der Waals surface area contributed by atoms with E-state index >= 15 is 0 Å². The molecule has 1 N–H and O–H groups in total. The van der Waals surface area contributed by atoms with Gasteiger partial charge in [0, 0.05) is 5.88 Å². The third kappa shape index (κ3) is 3.20. The Kier molecular flexibility index (Phi) is 3.77. The second-order valence-corrected chi connectivity index (χ2v) is 5.14. The maximum atomic E-state index is 11.4. The standard InChI is InChI=1S/C9H12ClNO2S/c1-8-4-2-3-5-9(8)11-14(12,13)7-6-10/h2-5,11H,6-7H2,1H3. The molecule has 14 heavy (non-hydrogen) atoms. The van der Waals surface area contributed by atoms with Gasteiger partial charge in [0.2, 0.25) is 10.0 Å². The number of para-hydroxylation sites is 1. The topological polar surface area (TPSA) is 46.2 Å². The molecule has 0 unspecified atom stereocenters. The molecule has 0 spiro atoms. The lowest BCUT2D eigenvalue weighted by Gasteiger charge is -2.08. The van der Waals surface area contributed by atoms with Crippen LogP contribution in [0.25, 0.3) is 0 Å². The van der Waals surface area contributed by atoms with Gasteiger partial charge in [-0.15, -0.1) is 11.6 Å². The summed E-state index contributed by atoms with van der Waals surface area (Å²) in [6, 6.07) is 7.21. The molecule has 78 valence electrons. The van der Waals surface area contributed by atoms with Crippen LogP contribution in [0.1, 0.15) is 5.56 Å². The van der Waals surface area contributed by atoms with Crippen molar-refractivity contribution in [2.24, 2.45) is 0 Å². The molecule has 0 saturated carbocycles. The minimum absolute atomic E-state index is 0.0666. The Labute approximate surface area is 89.1 Å². The molecule has 0 bridgehead atoms. The highest BCUT2D eigenvalue weighted by molar-refractivity contribution is 7.92. The molecule has 5 heteroatoms. The molecule has 0 aliphatic rings. The zero-order valence-electron chi connectivity index (χ0n) is 7.83. The zero-order valence-corrected chi connectivity index (χ0v) is 9.40. The van der Waals surface area contributed by atoms with Crippen LogP contribution in [-0.2, 0) is 10.0 Å². The molecule has 0 amide bonds. The highest BCUT2D eigenvalue weighted by Crippen LogP contribution is 2.14. The monoisotopic (exact) mass is 233 g/mol. The lowest BCUT2D eigenvalue weighted by atomic mass is 10.2. The molecule has 3 nitrogen and oxygen atoms in total. The first-order valence-electron chi connectivity index (χ1n) is 4.17. The Morgan fingerprint density at radius 3 is 2.57 bits per heavy atom. The van der Waals surface area contributed by atoms with E-state index in [-0.39, 0.29) is 11.6 Å². The van der Waals surface area contributed by atoms with Crippen molar-refractivity contribution in [3.05, 3.63) is 29.8 Å². The van der Waals surface area contributed by atoms with E-state index in [0.29, 0.717) is 5.69 Å². The van der Waals surface area contributed by atoms with E-state index in [1.165, 1.54) is 0 Å². The Morgan fingerprint density at radius 1 is 1.36 bits per heavy atom. The van der Waals surface area contributed by atoms with Gasteiger partial charge in [0.15, 0.2) is 0 Å². The fourth-order valence-electron chi connectivity index (χ4n) is 1.01. The molecule has 0 saturated heterocycles. The van der Waals surface area contributed by atoms with Crippen LogP contribution in [0.4, 0.5) is 5.69 Å². The van der Waals surface area contributed by atoms with Crippen LogP contribution < -0.4 is 4.72 Å². The fourth-order valence-corrected chi connectivity index (χ4v) is 2.49. The summed E-state index contributed by atoms with van der Waals surface area (Å²) in [5.74, 6) is 0.0318. The third-order valence-electron chi connectivity index (χ3n) is 1.76. The van der Waals surface area contributed by atoms with Crippen molar-refractivity contribution < 1.29 is 8.42 Å². The molecule has 0 atom stereocenters. The van der Waals surface area contributed by atoms with Crippen molar-refractivity contribution in [2.75, 3.05) is 16.4 Å². The predicted octanol–water partition coefficient (Wildman–Crippen LogP) is 1.98. The number of nitrogens with one attached hydrogen (secondary N) is 1. The quantitative estimate of drug-likeness (QED) is 0.809. The summed E-state index contributed by atoms with van der Waals surface area (Å²) < 4.78 is 25.2. The molecular formula is C9H12ClNO2S.